The minimum absolute atomic E-state index is 0.201. The van der Waals surface area contributed by atoms with E-state index >= 15 is 0 Å². The van der Waals surface area contributed by atoms with Crippen molar-refractivity contribution in [1.29, 1.82) is 0 Å². The Morgan fingerprint density at radius 3 is 2.25 bits per heavy atom. The third-order valence-electron chi connectivity index (χ3n) is 4.22. The molecule has 0 bridgehead atoms. The number of likely N-dealkylation sites (N-methyl/N-ethyl adjacent to an activating group) is 1. The number of alkyl carbamates (subject to hydrolysis) is 1. The van der Waals surface area contributed by atoms with Gasteiger partial charge in [-0.25, -0.2) is 4.79 Å². The van der Waals surface area contributed by atoms with Crippen molar-refractivity contribution < 1.29 is 23.9 Å². The van der Waals surface area contributed by atoms with Crippen LogP contribution < -0.4 is 16.4 Å². The van der Waals surface area contributed by atoms with E-state index in [1.807, 2.05) is 0 Å². The molecule has 0 aliphatic rings. The lowest BCUT2D eigenvalue weighted by Crippen LogP contribution is -2.53. The number of ether oxygens (including phenoxy) is 1. The summed E-state index contributed by atoms with van der Waals surface area (Å²) in [5.41, 5.74) is 5.33. The van der Waals surface area contributed by atoms with Gasteiger partial charge in [0.25, 0.3) is 0 Å². The second kappa shape index (κ2) is 11.2. The Morgan fingerprint density at radius 2 is 1.75 bits per heavy atom. The van der Waals surface area contributed by atoms with Gasteiger partial charge < -0.3 is 26.0 Å². The minimum Gasteiger partial charge on any atom is -0.444 e. The van der Waals surface area contributed by atoms with E-state index in [0.29, 0.717) is 11.1 Å². The number of terminal acetylenes is 1. The molecule has 2 unspecified atom stereocenters. The summed E-state index contributed by atoms with van der Waals surface area (Å²) in [5.74, 6) is 0.543. The van der Waals surface area contributed by atoms with Crippen molar-refractivity contribution in [3.8, 4) is 12.3 Å². The highest BCUT2D eigenvalue weighted by atomic mass is 16.6. The van der Waals surface area contributed by atoms with Gasteiger partial charge in [-0.15, -0.1) is 6.42 Å². The number of amides is 4. The maximum atomic E-state index is 13.3. The summed E-state index contributed by atoms with van der Waals surface area (Å²) in [6.07, 6.45) is 4.23. The summed E-state index contributed by atoms with van der Waals surface area (Å²) in [4.78, 5) is 51.3. The van der Waals surface area contributed by atoms with Crippen molar-refractivity contribution in [1.82, 2.24) is 15.5 Å². The summed E-state index contributed by atoms with van der Waals surface area (Å²) >= 11 is 0. The predicted molar refractivity (Wildman–Crippen MR) is 120 cm³/mol. The monoisotopic (exact) mass is 444 g/mol. The quantitative estimate of drug-likeness (QED) is 0.523. The Hall–Kier alpha value is -3.54. The van der Waals surface area contributed by atoms with Crippen LogP contribution in [0, 0.1) is 12.3 Å². The van der Waals surface area contributed by atoms with Crippen LogP contribution in [-0.4, -0.2) is 53.4 Å². The topological polar surface area (TPSA) is 131 Å². The van der Waals surface area contributed by atoms with Gasteiger partial charge in [0.1, 0.15) is 17.7 Å². The highest BCUT2D eigenvalue weighted by Gasteiger charge is 2.35. The maximum absolute atomic E-state index is 13.3. The molecular weight excluding hydrogens is 412 g/mol. The number of primary amides is 1. The van der Waals surface area contributed by atoms with Crippen LogP contribution in [0.4, 0.5) is 4.79 Å². The summed E-state index contributed by atoms with van der Waals surface area (Å²) in [5, 5.41) is 5.15. The zero-order valence-electron chi connectivity index (χ0n) is 19.4. The van der Waals surface area contributed by atoms with Crippen LogP contribution in [0.2, 0.25) is 0 Å². The summed E-state index contributed by atoms with van der Waals surface area (Å²) in [6.45, 7) is 8.54. The van der Waals surface area contributed by atoms with Crippen molar-refractivity contribution >= 4 is 23.8 Å². The Kier molecular flexibility index (Phi) is 9.26. The molecule has 0 saturated heterocycles. The minimum atomic E-state index is -1.33. The Morgan fingerprint density at radius 1 is 1.16 bits per heavy atom. The number of nitrogens with zero attached hydrogens (tertiary/aromatic N) is 1. The summed E-state index contributed by atoms with van der Waals surface area (Å²) in [6, 6.07) is 4.08. The first kappa shape index (κ1) is 26.5. The van der Waals surface area contributed by atoms with Crippen molar-refractivity contribution in [3.05, 3.63) is 35.4 Å². The molecule has 0 heterocycles. The van der Waals surface area contributed by atoms with Gasteiger partial charge in [-0.3, -0.25) is 14.4 Å². The fraction of sp³-hybridized carbons (Fsp3) is 0.478. The highest BCUT2D eigenvalue weighted by molar-refractivity contribution is 5.94. The molecular formula is C23H32N4O5. The summed E-state index contributed by atoms with van der Waals surface area (Å²) in [7, 11) is 1.39. The molecule has 1 aromatic rings. The van der Waals surface area contributed by atoms with Gasteiger partial charge in [-0.05, 0) is 46.2 Å². The second-order valence-corrected chi connectivity index (χ2v) is 8.62. The average molecular weight is 445 g/mol. The SMILES string of the molecule is C#Cc1ccccc1C(C(=O)NC(C)C)N(C)C(=O)C(CC(N)=O)NC(=O)OC(C)(C)C. The number of carbonyl (C=O) groups is 4. The van der Waals surface area contributed by atoms with E-state index in [9.17, 15) is 19.2 Å². The molecule has 0 aromatic heterocycles. The van der Waals surface area contributed by atoms with E-state index in [2.05, 4.69) is 16.6 Å². The van der Waals surface area contributed by atoms with Gasteiger partial charge in [-0.2, -0.15) is 0 Å². The molecule has 0 fully saturated rings. The molecule has 9 heteroatoms. The number of nitrogens with two attached hydrogens (primary N) is 1. The molecule has 174 valence electrons. The average Bonchev–Trinajstić information content (AvgIpc) is 2.64. The molecule has 0 aliphatic heterocycles. The standard InChI is InChI=1S/C23H32N4O5/c1-8-15-11-9-10-12-16(15)19(20(29)25-14(2)3)27(7)21(30)17(13-18(24)28)26-22(31)32-23(4,5)6/h1,9-12,14,17,19H,13H2,2-7H3,(H2,24,28)(H,25,29)(H,26,31). The van der Waals surface area contributed by atoms with Crippen LogP contribution in [0.5, 0.6) is 0 Å². The van der Waals surface area contributed by atoms with Crippen molar-refractivity contribution in [3.63, 3.8) is 0 Å². The zero-order chi connectivity index (χ0) is 24.6. The van der Waals surface area contributed by atoms with Gasteiger partial charge in [0.2, 0.25) is 17.7 Å². The Labute approximate surface area is 189 Å². The van der Waals surface area contributed by atoms with Crippen LogP contribution in [0.15, 0.2) is 24.3 Å². The van der Waals surface area contributed by atoms with E-state index in [4.69, 9.17) is 16.9 Å². The molecule has 0 radical (unpaired) electrons. The van der Waals surface area contributed by atoms with E-state index in [0.717, 1.165) is 4.90 Å². The fourth-order valence-electron chi connectivity index (χ4n) is 2.98. The molecule has 4 amide bonds. The lowest BCUT2D eigenvalue weighted by Gasteiger charge is -2.32. The van der Waals surface area contributed by atoms with Gasteiger partial charge in [0.15, 0.2) is 0 Å². The van der Waals surface area contributed by atoms with Gasteiger partial charge in [-0.1, -0.05) is 24.1 Å². The van der Waals surface area contributed by atoms with E-state index in [1.165, 1.54) is 7.05 Å². The first-order valence-electron chi connectivity index (χ1n) is 10.2. The molecule has 0 saturated carbocycles. The normalized spacial score (nSPS) is 12.8. The molecule has 1 aromatic carbocycles. The van der Waals surface area contributed by atoms with E-state index in [1.54, 1.807) is 58.9 Å². The second-order valence-electron chi connectivity index (χ2n) is 8.62. The molecule has 1 rings (SSSR count). The van der Waals surface area contributed by atoms with Gasteiger partial charge in [0, 0.05) is 18.7 Å². The number of rotatable bonds is 8. The number of nitrogens with one attached hydrogen (secondary N) is 2. The van der Waals surface area contributed by atoms with Gasteiger partial charge >= 0.3 is 6.09 Å². The van der Waals surface area contributed by atoms with Crippen LogP contribution in [0.1, 0.15) is 58.2 Å². The third-order valence-corrected chi connectivity index (χ3v) is 4.22. The Balaban J connectivity index is 3.34. The van der Waals surface area contributed by atoms with Crippen molar-refractivity contribution in [2.75, 3.05) is 7.05 Å². The van der Waals surface area contributed by atoms with Crippen molar-refractivity contribution in [2.45, 2.75) is 64.8 Å². The number of carbonyl (C=O) groups excluding carboxylic acids is 4. The first-order valence-corrected chi connectivity index (χ1v) is 10.2. The van der Waals surface area contributed by atoms with Crippen LogP contribution in [0.25, 0.3) is 0 Å². The molecule has 2 atom stereocenters. The van der Waals surface area contributed by atoms with Crippen LogP contribution in [0.3, 0.4) is 0 Å². The molecule has 0 spiro atoms. The largest absolute Gasteiger partial charge is 0.444 e. The lowest BCUT2D eigenvalue weighted by atomic mass is 9.97. The zero-order valence-corrected chi connectivity index (χ0v) is 19.4. The van der Waals surface area contributed by atoms with Crippen molar-refractivity contribution in [2.24, 2.45) is 5.73 Å². The maximum Gasteiger partial charge on any atom is 0.408 e. The third kappa shape index (κ3) is 7.95. The summed E-state index contributed by atoms with van der Waals surface area (Å²) < 4.78 is 5.18. The Bertz CT molecular complexity index is 898. The molecule has 32 heavy (non-hydrogen) atoms. The lowest BCUT2D eigenvalue weighted by molar-refractivity contribution is -0.141. The van der Waals surface area contributed by atoms with E-state index < -0.39 is 47.9 Å². The highest BCUT2D eigenvalue weighted by Crippen LogP contribution is 2.24. The van der Waals surface area contributed by atoms with Crippen LogP contribution >= 0.6 is 0 Å². The van der Waals surface area contributed by atoms with Gasteiger partial charge in [0.05, 0.1) is 6.42 Å². The van der Waals surface area contributed by atoms with E-state index in [-0.39, 0.29) is 6.04 Å². The molecule has 0 aliphatic carbocycles. The number of hydrogen-bond acceptors (Lipinski definition) is 5. The smallest absolute Gasteiger partial charge is 0.408 e. The molecule has 9 nitrogen and oxygen atoms in total. The van der Waals surface area contributed by atoms with Crippen LogP contribution in [-0.2, 0) is 19.1 Å². The first-order chi connectivity index (χ1) is 14.8. The fourth-order valence-corrected chi connectivity index (χ4v) is 2.98. The number of benzene rings is 1. The predicted octanol–water partition coefficient (Wildman–Crippen LogP) is 1.46. The number of hydrogen-bond donors (Lipinski definition) is 3. The molecule has 4 N–H and O–H groups in total.